The van der Waals surface area contributed by atoms with Crippen LogP contribution in [0.25, 0.3) is 11.3 Å². The largest absolute Gasteiger partial charge is 0.337 e. The molecule has 13 heavy (non-hydrogen) atoms. The second kappa shape index (κ2) is 3.18. The van der Waals surface area contributed by atoms with E-state index >= 15 is 0 Å². The van der Waals surface area contributed by atoms with E-state index in [2.05, 4.69) is 22.0 Å². The molecule has 2 rings (SSSR count). The van der Waals surface area contributed by atoms with E-state index in [4.69, 9.17) is 12.2 Å². The van der Waals surface area contributed by atoms with Crippen LogP contribution < -0.4 is 0 Å². The van der Waals surface area contributed by atoms with E-state index in [1.54, 1.807) is 0 Å². The third kappa shape index (κ3) is 1.55. The Morgan fingerprint density at radius 2 is 2.46 bits per heavy atom. The van der Waals surface area contributed by atoms with Crippen molar-refractivity contribution in [3.8, 4) is 11.3 Å². The van der Waals surface area contributed by atoms with Crippen molar-refractivity contribution in [2.45, 2.75) is 13.5 Å². The van der Waals surface area contributed by atoms with Crippen LogP contribution in [0.4, 0.5) is 0 Å². The van der Waals surface area contributed by atoms with Gasteiger partial charge in [-0.2, -0.15) is 5.10 Å². The molecule has 0 amide bonds. The minimum Gasteiger partial charge on any atom is -0.337 e. The van der Waals surface area contributed by atoms with Gasteiger partial charge in [-0.1, -0.05) is 0 Å². The zero-order valence-corrected chi connectivity index (χ0v) is 8.06. The molecule has 0 aliphatic carbocycles. The quantitative estimate of drug-likeness (QED) is 0.718. The van der Waals surface area contributed by atoms with Gasteiger partial charge in [0.25, 0.3) is 0 Å². The summed E-state index contributed by atoms with van der Waals surface area (Å²) in [4.78, 5) is 5.95. The maximum absolute atomic E-state index is 4.93. The zero-order chi connectivity index (χ0) is 9.26. The summed E-state index contributed by atoms with van der Waals surface area (Å²) in [6.45, 7) is 2.93. The zero-order valence-electron chi connectivity index (χ0n) is 7.24. The van der Waals surface area contributed by atoms with Crippen LogP contribution in [0.2, 0.25) is 0 Å². The van der Waals surface area contributed by atoms with Gasteiger partial charge in [-0.3, -0.25) is 4.68 Å². The summed E-state index contributed by atoms with van der Waals surface area (Å²) in [5.41, 5.74) is 2.03. The number of hydrogen-bond donors (Lipinski definition) is 2. The van der Waals surface area contributed by atoms with Crippen molar-refractivity contribution in [2.75, 3.05) is 0 Å². The lowest BCUT2D eigenvalue weighted by atomic mass is 10.3. The third-order valence-corrected chi connectivity index (χ3v) is 2.08. The first-order chi connectivity index (χ1) is 6.29. The summed E-state index contributed by atoms with van der Waals surface area (Å²) < 4.78 is 2.51. The number of nitrogens with one attached hydrogen (secondary N) is 2. The lowest BCUT2D eigenvalue weighted by Crippen LogP contribution is -1.91. The Labute approximate surface area is 80.6 Å². The minimum absolute atomic E-state index is 0.638. The van der Waals surface area contributed by atoms with Crippen LogP contribution in [-0.2, 0) is 6.54 Å². The Morgan fingerprint density at radius 3 is 3.00 bits per heavy atom. The Bertz CT molecular complexity index is 450. The molecular formula is C8H10N4S. The highest BCUT2D eigenvalue weighted by atomic mass is 32.1. The summed E-state index contributed by atoms with van der Waals surface area (Å²) in [5.74, 6) is 0. The molecule has 68 valence electrons. The van der Waals surface area contributed by atoms with Crippen LogP contribution in [-0.4, -0.2) is 19.7 Å². The molecular weight excluding hydrogens is 184 g/mol. The molecule has 0 aliphatic heterocycles. The molecule has 0 saturated carbocycles. The average Bonchev–Trinajstić information content (AvgIpc) is 2.71. The third-order valence-electron chi connectivity index (χ3n) is 1.86. The van der Waals surface area contributed by atoms with Gasteiger partial charge in [0.1, 0.15) is 0 Å². The molecule has 2 aromatic heterocycles. The van der Waals surface area contributed by atoms with Gasteiger partial charge < -0.3 is 9.97 Å². The Hall–Kier alpha value is -1.36. The number of aromatic nitrogens is 4. The van der Waals surface area contributed by atoms with Gasteiger partial charge in [0, 0.05) is 24.5 Å². The number of nitrogens with zero attached hydrogens (tertiary/aromatic N) is 2. The molecule has 0 bridgehead atoms. The molecule has 5 heteroatoms. The van der Waals surface area contributed by atoms with Gasteiger partial charge in [-0.15, -0.1) is 0 Å². The SMILES string of the molecule is CCn1cc(-c2c[nH]c(=S)[nH]2)cn1. The number of aromatic amines is 2. The number of aryl methyl sites for hydroxylation is 1. The summed E-state index contributed by atoms with van der Waals surface area (Å²) in [7, 11) is 0. The predicted octanol–water partition coefficient (Wildman–Crippen LogP) is 1.96. The standard InChI is InChI=1S/C8H10N4S/c1-2-12-5-6(3-10-12)7-4-9-8(13)11-7/h3-5H,2H2,1H3,(H2,9,11,13). The molecule has 2 heterocycles. The van der Waals surface area contributed by atoms with Crippen LogP contribution >= 0.6 is 12.2 Å². The molecule has 0 fully saturated rings. The van der Waals surface area contributed by atoms with E-state index < -0.39 is 0 Å². The molecule has 2 N–H and O–H groups in total. The van der Waals surface area contributed by atoms with Crippen molar-refractivity contribution < 1.29 is 0 Å². The van der Waals surface area contributed by atoms with Crippen molar-refractivity contribution in [1.29, 1.82) is 0 Å². The molecule has 0 spiro atoms. The van der Waals surface area contributed by atoms with Crippen LogP contribution in [0.1, 0.15) is 6.92 Å². The van der Waals surface area contributed by atoms with Gasteiger partial charge in [0.2, 0.25) is 0 Å². The molecule has 0 atom stereocenters. The first-order valence-corrected chi connectivity index (χ1v) is 4.51. The number of H-pyrrole nitrogens is 2. The van der Waals surface area contributed by atoms with Crippen LogP contribution in [0, 0.1) is 4.77 Å². The number of imidazole rings is 1. The summed E-state index contributed by atoms with van der Waals surface area (Å²) in [6.07, 6.45) is 5.64. The minimum atomic E-state index is 0.638. The lowest BCUT2D eigenvalue weighted by Gasteiger charge is -1.90. The fraction of sp³-hybridized carbons (Fsp3) is 0.250. The molecule has 0 aromatic carbocycles. The maximum atomic E-state index is 4.93. The normalized spacial score (nSPS) is 10.5. The molecule has 2 aromatic rings. The molecule has 4 nitrogen and oxygen atoms in total. The Balaban J connectivity index is 2.40. The summed E-state index contributed by atoms with van der Waals surface area (Å²) in [5, 5.41) is 4.17. The van der Waals surface area contributed by atoms with E-state index in [0.29, 0.717) is 4.77 Å². The molecule has 0 unspecified atom stereocenters. The van der Waals surface area contributed by atoms with Gasteiger partial charge >= 0.3 is 0 Å². The van der Waals surface area contributed by atoms with Crippen molar-refractivity contribution in [3.05, 3.63) is 23.4 Å². The van der Waals surface area contributed by atoms with Gasteiger partial charge in [0.15, 0.2) is 4.77 Å². The Kier molecular flexibility index (Phi) is 2.02. The van der Waals surface area contributed by atoms with Crippen molar-refractivity contribution in [2.24, 2.45) is 0 Å². The maximum Gasteiger partial charge on any atom is 0.174 e. The predicted molar refractivity (Wildman–Crippen MR) is 52.9 cm³/mol. The number of hydrogen-bond acceptors (Lipinski definition) is 2. The first-order valence-electron chi connectivity index (χ1n) is 4.10. The van der Waals surface area contributed by atoms with E-state index in [-0.39, 0.29) is 0 Å². The highest BCUT2D eigenvalue weighted by Crippen LogP contribution is 2.14. The molecule has 0 aliphatic rings. The second-order valence-electron chi connectivity index (χ2n) is 2.74. The van der Waals surface area contributed by atoms with Gasteiger partial charge in [-0.25, -0.2) is 0 Å². The van der Waals surface area contributed by atoms with E-state index in [1.807, 2.05) is 23.3 Å². The van der Waals surface area contributed by atoms with Crippen LogP contribution in [0.5, 0.6) is 0 Å². The van der Waals surface area contributed by atoms with Crippen molar-refractivity contribution >= 4 is 12.2 Å². The Morgan fingerprint density at radius 1 is 1.62 bits per heavy atom. The average molecular weight is 194 g/mol. The van der Waals surface area contributed by atoms with Crippen molar-refractivity contribution in [3.63, 3.8) is 0 Å². The monoisotopic (exact) mass is 194 g/mol. The topological polar surface area (TPSA) is 49.4 Å². The van der Waals surface area contributed by atoms with Gasteiger partial charge in [0.05, 0.1) is 11.9 Å². The first kappa shape index (κ1) is 8.25. The number of rotatable bonds is 2. The molecule has 0 saturated heterocycles. The van der Waals surface area contributed by atoms with E-state index in [0.717, 1.165) is 17.8 Å². The highest BCUT2D eigenvalue weighted by molar-refractivity contribution is 7.71. The van der Waals surface area contributed by atoms with Crippen LogP contribution in [0.3, 0.4) is 0 Å². The van der Waals surface area contributed by atoms with Crippen molar-refractivity contribution in [1.82, 2.24) is 19.7 Å². The van der Waals surface area contributed by atoms with Gasteiger partial charge in [-0.05, 0) is 19.1 Å². The molecule has 0 radical (unpaired) electrons. The smallest absolute Gasteiger partial charge is 0.174 e. The fourth-order valence-electron chi connectivity index (χ4n) is 1.16. The van der Waals surface area contributed by atoms with E-state index in [1.165, 1.54) is 0 Å². The fourth-order valence-corrected chi connectivity index (χ4v) is 1.33. The van der Waals surface area contributed by atoms with Crippen LogP contribution in [0.15, 0.2) is 18.6 Å². The summed E-state index contributed by atoms with van der Waals surface area (Å²) in [6, 6.07) is 0. The highest BCUT2D eigenvalue weighted by Gasteiger charge is 2.01. The second-order valence-corrected chi connectivity index (χ2v) is 3.15. The lowest BCUT2D eigenvalue weighted by molar-refractivity contribution is 0.660. The summed E-state index contributed by atoms with van der Waals surface area (Å²) >= 11 is 4.93. The van der Waals surface area contributed by atoms with E-state index in [9.17, 15) is 0 Å².